The van der Waals surface area contributed by atoms with Gasteiger partial charge in [-0.2, -0.15) is 0 Å². The van der Waals surface area contributed by atoms with Crippen LogP contribution in [0.1, 0.15) is 0 Å². The molecule has 1 fully saturated rings. The third kappa shape index (κ3) is 6.01. The van der Waals surface area contributed by atoms with E-state index in [-0.39, 0.29) is 5.69 Å². The van der Waals surface area contributed by atoms with E-state index in [1.165, 1.54) is 17.2 Å². The highest BCUT2D eigenvalue weighted by molar-refractivity contribution is 5.78. The lowest BCUT2D eigenvalue weighted by Gasteiger charge is -2.34. The number of piperazine rings is 1. The fourth-order valence-corrected chi connectivity index (χ4v) is 4.22. The Kier molecular flexibility index (Phi) is 7.43. The SMILES string of the molecule is O=C(O)N1CCN(c2ccc(-c3nc(NCCNc4ccc([N+](=O)[O-])cn4)ncc3-c3ncc[nH]3)cc2)CC1. The van der Waals surface area contributed by atoms with Gasteiger partial charge in [-0.25, -0.2) is 24.7 Å². The number of hydrogen-bond acceptors (Lipinski definition) is 10. The first kappa shape index (κ1) is 25.4. The average molecular weight is 531 g/mol. The maximum atomic E-state index is 11.2. The summed E-state index contributed by atoms with van der Waals surface area (Å²) in [5.41, 5.74) is 3.29. The van der Waals surface area contributed by atoms with E-state index in [1.54, 1.807) is 24.7 Å². The summed E-state index contributed by atoms with van der Waals surface area (Å²) in [6.45, 7) is 3.18. The fourth-order valence-electron chi connectivity index (χ4n) is 4.22. The second-order valence-electron chi connectivity index (χ2n) is 8.71. The van der Waals surface area contributed by atoms with Crippen LogP contribution in [0, 0.1) is 10.1 Å². The first-order chi connectivity index (χ1) is 19.0. The van der Waals surface area contributed by atoms with Crippen LogP contribution >= 0.6 is 0 Å². The first-order valence-electron chi connectivity index (χ1n) is 12.3. The minimum Gasteiger partial charge on any atom is -0.465 e. The lowest BCUT2D eigenvalue weighted by atomic mass is 10.1. The van der Waals surface area contributed by atoms with Crippen molar-refractivity contribution in [3.8, 4) is 22.6 Å². The summed E-state index contributed by atoms with van der Waals surface area (Å²) in [5, 5.41) is 26.3. The topological polar surface area (TPSA) is 178 Å². The van der Waals surface area contributed by atoms with E-state index < -0.39 is 11.0 Å². The Morgan fingerprint density at radius 2 is 1.77 bits per heavy atom. The van der Waals surface area contributed by atoms with Crippen molar-refractivity contribution in [3.05, 3.63) is 71.3 Å². The number of imidazole rings is 1. The van der Waals surface area contributed by atoms with Gasteiger partial charge in [0.2, 0.25) is 5.95 Å². The van der Waals surface area contributed by atoms with Gasteiger partial charge in [-0.05, 0) is 18.2 Å². The third-order valence-corrected chi connectivity index (χ3v) is 6.27. The Morgan fingerprint density at radius 1 is 1.00 bits per heavy atom. The van der Waals surface area contributed by atoms with Crippen molar-refractivity contribution in [2.24, 2.45) is 0 Å². The summed E-state index contributed by atoms with van der Waals surface area (Å²) in [4.78, 5) is 45.8. The number of nitro groups is 1. The molecule has 39 heavy (non-hydrogen) atoms. The molecule has 4 N–H and O–H groups in total. The number of nitrogens with zero attached hydrogens (tertiary/aromatic N) is 7. The zero-order valence-corrected chi connectivity index (χ0v) is 20.8. The number of carboxylic acid groups (broad SMARTS) is 1. The largest absolute Gasteiger partial charge is 0.465 e. The number of amides is 1. The molecule has 0 radical (unpaired) electrons. The maximum absolute atomic E-state index is 11.2. The number of H-pyrrole nitrogens is 1. The van der Waals surface area contributed by atoms with Crippen molar-refractivity contribution >= 4 is 29.2 Å². The molecule has 1 aliphatic rings. The zero-order valence-electron chi connectivity index (χ0n) is 20.8. The molecular formula is C25H26N10O4. The van der Waals surface area contributed by atoms with Crippen LogP contribution in [0.2, 0.25) is 0 Å². The molecule has 0 bridgehead atoms. The highest BCUT2D eigenvalue weighted by Crippen LogP contribution is 2.30. The van der Waals surface area contributed by atoms with Gasteiger partial charge in [0.15, 0.2) is 0 Å². The van der Waals surface area contributed by atoms with Gasteiger partial charge >= 0.3 is 6.09 Å². The van der Waals surface area contributed by atoms with E-state index in [4.69, 9.17) is 4.98 Å². The Hall–Kier alpha value is -5.27. The number of benzene rings is 1. The predicted octanol–water partition coefficient (Wildman–Crippen LogP) is 3.16. The number of nitrogens with one attached hydrogen (secondary N) is 3. The van der Waals surface area contributed by atoms with E-state index in [0.717, 1.165) is 16.8 Å². The summed E-state index contributed by atoms with van der Waals surface area (Å²) in [7, 11) is 0. The number of anilines is 3. The second-order valence-corrected chi connectivity index (χ2v) is 8.71. The van der Waals surface area contributed by atoms with Crippen LogP contribution in [-0.2, 0) is 0 Å². The molecule has 1 aliphatic heterocycles. The van der Waals surface area contributed by atoms with Crippen LogP contribution in [0.4, 0.5) is 27.9 Å². The molecule has 1 saturated heterocycles. The zero-order chi connectivity index (χ0) is 27.2. The van der Waals surface area contributed by atoms with Gasteiger partial charge in [-0.15, -0.1) is 0 Å². The number of aromatic nitrogens is 5. The van der Waals surface area contributed by atoms with E-state index in [1.807, 2.05) is 24.3 Å². The van der Waals surface area contributed by atoms with E-state index in [0.29, 0.717) is 62.6 Å². The van der Waals surface area contributed by atoms with E-state index >= 15 is 0 Å². The molecule has 0 saturated carbocycles. The molecular weight excluding hydrogens is 504 g/mol. The minimum absolute atomic E-state index is 0.0648. The van der Waals surface area contributed by atoms with Gasteiger partial charge in [0, 0.05) is 75.2 Å². The summed E-state index contributed by atoms with van der Waals surface area (Å²) in [5.74, 6) is 1.62. The molecule has 4 aromatic rings. The van der Waals surface area contributed by atoms with Crippen LogP contribution < -0.4 is 15.5 Å². The molecule has 0 spiro atoms. The first-order valence-corrected chi connectivity index (χ1v) is 12.3. The molecule has 14 nitrogen and oxygen atoms in total. The molecule has 5 rings (SSSR count). The lowest BCUT2D eigenvalue weighted by molar-refractivity contribution is -0.385. The normalized spacial score (nSPS) is 13.2. The van der Waals surface area contributed by atoms with Crippen molar-refractivity contribution in [3.63, 3.8) is 0 Å². The quantitative estimate of drug-likeness (QED) is 0.142. The smallest absolute Gasteiger partial charge is 0.407 e. The van der Waals surface area contributed by atoms with Crippen molar-refractivity contribution in [1.82, 2.24) is 29.8 Å². The van der Waals surface area contributed by atoms with Gasteiger partial charge in [-0.1, -0.05) is 12.1 Å². The predicted molar refractivity (Wildman–Crippen MR) is 145 cm³/mol. The van der Waals surface area contributed by atoms with Gasteiger partial charge in [0.25, 0.3) is 5.69 Å². The van der Waals surface area contributed by atoms with Crippen LogP contribution in [0.5, 0.6) is 0 Å². The van der Waals surface area contributed by atoms with Crippen molar-refractivity contribution in [2.75, 3.05) is 54.8 Å². The molecule has 200 valence electrons. The van der Waals surface area contributed by atoms with Crippen LogP contribution in [0.3, 0.4) is 0 Å². The minimum atomic E-state index is -0.887. The highest BCUT2D eigenvalue weighted by atomic mass is 16.6. The molecule has 0 aliphatic carbocycles. The van der Waals surface area contributed by atoms with E-state index in [2.05, 4.69) is 35.5 Å². The Bertz CT molecular complexity index is 1420. The summed E-state index contributed by atoms with van der Waals surface area (Å²) in [6, 6.07) is 10.9. The molecule has 0 unspecified atom stereocenters. The molecule has 1 aromatic carbocycles. The maximum Gasteiger partial charge on any atom is 0.407 e. The molecule has 4 heterocycles. The number of aromatic amines is 1. The fraction of sp³-hybridized carbons (Fsp3) is 0.240. The second kappa shape index (κ2) is 11.4. The van der Waals surface area contributed by atoms with Gasteiger partial charge in [0.05, 0.1) is 16.2 Å². The van der Waals surface area contributed by atoms with E-state index in [9.17, 15) is 20.0 Å². The molecule has 3 aromatic heterocycles. The van der Waals surface area contributed by atoms with Gasteiger partial charge in [0.1, 0.15) is 17.8 Å². The molecule has 14 heteroatoms. The molecule has 1 amide bonds. The average Bonchev–Trinajstić information content (AvgIpc) is 3.51. The Balaban J connectivity index is 1.27. The third-order valence-electron chi connectivity index (χ3n) is 6.27. The van der Waals surface area contributed by atoms with Crippen molar-refractivity contribution in [1.29, 1.82) is 0 Å². The Morgan fingerprint density at radius 3 is 2.41 bits per heavy atom. The Labute approximate surface area is 222 Å². The highest BCUT2D eigenvalue weighted by Gasteiger charge is 2.21. The summed E-state index contributed by atoms with van der Waals surface area (Å²) in [6.07, 6.45) is 5.45. The molecule has 0 atom stereocenters. The van der Waals surface area contributed by atoms with Gasteiger partial charge in [-0.3, -0.25) is 10.1 Å². The van der Waals surface area contributed by atoms with Crippen LogP contribution in [0.15, 0.2) is 61.2 Å². The number of pyridine rings is 1. The summed E-state index contributed by atoms with van der Waals surface area (Å²) >= 11 is 0. The summed E-state index contributed by atoms with van der Waals surface area (Å²) < 4.78 is 0. The lowest BCUT2D eigenvalue weighted by Crippen LogP contribution is -2.48. The number of hydrogen-bond donors (Lipinski definition) is 4. The van der Waals surface area contributed by atoms with Crippen LogP contribution in [0.25, 0.3) is 22.6 Å². The number of rotatable bonds is 9. The standard InChI is InChI=1S/C25H26N10O4/c36-25(37)34-13-11-33(12-14-34)18-3-1-17(2-4-18)22-20(23-27-8-9-28-23)16-31-24(32-22)29-10-7-26-21-6-5-19(15-30-21)35(38)39/h1-6,8-9,15-16H,7,10-14H2,(H,26,30)(H,27,28)(H,36,37)(H,29,31,32). The van der Waals surface area contributed by atoms with Gasteiger partial charge < -0.3 is 30.5 Å². The van der Waals surface area contributed by atoms with Crippen molar-refractivity contribution < 1.29 is 14.8 Å². The number of carbonyl (C=O) groups is 1. The monoisotopic (exact) mass is 530 g/mol. The van der Waals surface area contributed by atoms with Crippen LogP contribution in [-0.4, -0.2) is 85.2 Å². The van der Waals surface area contributed by atoms with Crippen molar-refractivity contribution in [2.45, 2.75) is 0 Å².